The minimum atomic E-state index is -0.909. The van der Waals surface area contributed by atoms with E-state index in [1.807, 2.05) is 26.8 Å². The number of aryl methyl sites for hydroxylation is 1. The highest BCUT2D eigenvalue weighted by Crippen LogP contribution is 2.46. The van der Waals surface area contributed by atoms with Crippen molar-refractivity contribution in [2.24, 2.45) is 11.8 Å². The number of ether oxygens (including phenoxy) is 2. The predicted molar refractivity (Wildman–Crippen MR) is 116 cm³/mol. The Morgan fingerprint density at radius 3 is 2.47 bits per heavy atom. The molecule has 1 aromatic heterocycles. The second kappa shape index (κ2) is 8.96. The topological polar surface area (TPSA) is 94.8 Å². The van der Waals surface area contributed by atoms with E-state index in [4.69, 9.17) is 13.9 Å². The molecule has 0 amide bonds. The Labute approximate surface area is 188 Å². The van der Waals surface area contributed by atoms with Crippen LogP contribution in [-0.4, -0.2) is 30.9 Å². The molecule has 0 aromatic carbocycles. The zero-order chi connectivity index (χ0) is 23.0. The fourth-order valence-electron chi connectivity index (χ4n) is 5.24. The van der Waals surface area contributed by atoms with E-state index in [1.165, 1.54) is 7.11 Å². The van der Waals surface area contributed by atoms with Crippen LogP contribution in [0, 0.1) is 18.8 Å². The molecule has 0 bridgehead atoms. The van der Waals surface area contributed by atoms with E-state index in [2.05, 4.69) is 5.32 Å². The first-order chi connectivity index (χ1) is 15.3. The number of rotatable bonds is 4. The maximum absolute atomic E-state index is 13.6. The molecule has 0 radical (unpaired) electrons. The number of hydrogen-bond donors (Lipinski definition) is 1. The third-order valence-electron chi connectivity index (χ3n) is 6.83. The van der Waals surface area contributed by atoms with Crippen molar-refractivity contribution in [1.29, 1.82) is 0 Å². The van der Waals surface area contributed by atoms with Gasteiger partial charge in [0.25, 0.3) is 0 Å². The van der Waals surface area contributed by atoms with Gasteiger partial charge in [0.05, 0.1) is 18.6 Å². The van der Waals surface area contributed by atoms with Crippen molar-refractivity contribution in [3.8, 4) is 0 Å². The summed E-state index contributed by atoms with van der Waals surface area (Å²) >= 11 is 0. The molecule has 1 aromatic rings. The van der Waals surface area contributed by atoms with E-state index in [-0.39, 0.29) is 17.8 Å². The molecule has 2 aliphatic carbocycles. The lowest BCUT2D eigenvalue weighted by Gasteiger charge is -2.37. The summed E-state index contributed by atoms with van der Waals surface area (Å²) < 4.78 is 16.7. The smallest absolute Gasteiger partial charge is 0.337 e. The van der Waals surface area contributed by atoms with Crippen LogP contribution in [0.5, 0.6) is 0 Å². The van der Waals surface area contributed by atoms with Crippen LogP contribution in [0.25, 0.3) is 0 Å². The van der Waals surface area contributed by atoms with Crippen LogP contribution in [0.15, 0.2) is 39.1 Å². The van der Waals surface area contributed by atoms with Gasteiger partial charge in [0.2, 0.25) is 0 Å². The number of ketones is 1. The molecule has 1 saturated carbocycles. The van der Waals surface area contributed by atoms with Gasteiger partial charge in [-0.3, -0.25) is 9.59 Å². The molecule has 4 rings (SSSR count). The molecule has 1 N–H and O–H groups in total. The van der Waals surface area contributed by atoms with Gasteiger partial charge in [-0.1, -0.05) is 13.3 Å². The van der Waals surface area contributed by atoms with Crippen molar-refractivity contribution in [1.82, 2.24) is 5.32 Å². The molecule has 7 nitrogen and oxygen atoms in total. The first-order valence-corrected chi connectivity index (χ1v) is 11.4. The molecule has 1 fully saturated rings. The predicted octanol–water partition coefficient (Wildman–Crippen LogP) is 4.08. The van der Waals surface area contributed by atoms with E-state index in [9.17, 15) is 14.4 Å². The van der Waals surface area contributed by atoms with Crippen LogP contribution in [-0.2, 0) is 23.9 Å². The maximum atomic E-state index is 13.6. The molecule has 7 heteroatoms. The van der Waals surface area contributed by atoms with Crippen molar-refractivity contribution < 1.29 is 28.3 Å². The molecule has 3 aliphatic rings. The van der Waals surface area contributed by atoms with Gasteiger partial charge in [-0.2, -0.15) is 0 Å². The molecule has 1 aliphatic heterocycles. The normalized spacial score (nSPS) is 26.5. The summed E-state index contributed by atoms with van der Waals surface area (Å²) in [7, 11) is 1.29. The minimum Gasteiger partial charge on any atom is -0.468 e. The van der Waals surface area contributed by atoms with Crippen LogP contribution in [0.4, 0.5) is 0 Å². The lowest BCUT2D eigenvalue weighted by molar-refractivity contribution is -0.151. The molecule has 2 heterocycles. The van der Waals surface area contributed by atoms with Gasteiger partial charge >= 0.3 is 11.9 Å². The number of hydrogen-bond acceptors (Lipinski definition) is 7. The van der Waals surface area contributed by atoms with Gasteiger partial charge in [-0.05, 0) is 64.0 Å². The maximum Gasteiger partial charge on any atom is 0.337 e. The summed E-state index contributed by atoms with van der Waals surface area (Å²) in [6.07, 6.45) is 5.33. The third-order valence-corrected chi connectivity index (χ3v) is 6.83. The van der Waals surface area contributed by atoms with Gasteiger partial charge in [0.1, 0.15) is 23.5 Å². The Hall–Kier alpha value is -2.83. The fraction of sp³-hybridized carbons (Fsp3) is 0.560. The minimum absolute atomic E-state index is 0.115. The Morgan fingerprint density at radius 2 is 1.84 bits per heavy atom. The van der Waals surface area contributed by atoms with Crippen LogP contribution in [0.2, 0.25) is 0 Å². The molecule has 3 atom stereocenters. The second-order valence-electron chi connectivity index (χ2n) is 9.15. The van der Waals surface area contributed by atoms with Crippen molar-refractivity contribution in [3.05, 3.63) is 46.2 Å². The highest BCUT2D eigenvalue weighted by atomic mass is 16.5. The summed E-state index contributed by atoms with van der Waals surface area (Å²) in [4.78, 5) is 39.4. The quantitative estimate of drug-likeness (QED) is 0.556. The first kappa shape index (κ1) is 22.4. The van der Waals surface area contributed by atoms with Gasteiger partial charge in [0, 0.05) is 17.0 Å². The lowest BCUT2D eigenvalue weighted by atomic mass is 9.70. The average Bonchev–Trinajstić information content (AvgIpc) is 3.19. The van der Waals surface area contributed by atoms with Crippen LogP contribution in [0.1, 0.15) is 69.8 Å². The van der Waals surface area contributed by atoms with E-state index in [0.717, 1.165) is 37.8 Å². The molecular weight excluding hydrogens is 410 g/mol. The number of furan rings is 1. The SMILES string of the molecule is COC(=O)C1C(=O)C2=C(CC1C)NC(C)=C(C(=O)OC1CCCCC1)C2c1ccc(C)o1. The summed E-state index contributed by atoms with van der Waals surface area (Å²) in [5.41, 5.74) is 2.15. The number of dihydropyridines is 1. The number of carbonyl (C=O) groups excluding carboxylic acids is 3. The number of methoxy groups -OCH3 is 1. The summed E-state index contributed by atoms with van der Waals surface area (Å²) in [6.45, 7) is 5.51. The lowest BCUT2D eigenvalue weighted by Crippen LogP contribution is -2.43. The van der Waals surface area contributed by atoms with Gasteiger partial charge in [-0.25, -0.2) is 4.79 Å². The van der Waals surface area contributed by atoms with E-state index in [0.29, 0.717) is 34.8 Å². The van der Waals surface area contributed by atoms with Gasteiger partial charge in [-0.15, -0.1) is 0 Å². The summed E-state index contributed by atoms with van der Waals surface area (Å²) in [5.74, 6) is -1.99. The fourth-order valence-corrected chi connectivity index (χ4v) is 5.24. The molecule has 172 valence electrons. The van der Waals surface area contributed by atoms with E-state index < -0.39 is 23.8 Å². The zero-order valence-corrected chi connectivity index (χ0v) is 19.2. The van der Waals surface area contributed by atoms with Crippen molar-refractivity contribution in [3.63, 3.8) is 0 Å². The summed E-state index contributed by atoms with van der Waals surface area (Å²) in [6, 6.07) is 3.60. The average molecular weight is 442 g/mol. The standard InChI is InChI=1S/C25H31NO6/c1-13-12-17-21(23(27)19(13)24(28)30-4)22(18-11-10-14(2)31-18)20(15(3)26-17)25(29)32-16-8-6-5-7-9-16/h10-11,13,16,19,22,26H,5-9,12H2,1-4H3. The Morgan fingerprint density at radius 1 is 1.12 bits per heavy atom. The number of Topliss-reactive ketones (excluding diaryl/α,β-unsaturated/α-hetero) is 1. The number of carbonyl (C=O) groups is 3. The largest absolute Gasteiger partial charge is 0.468 e. The third kappa shape index (κ3) is 4.00. The van der Waals surface area contributed by atoms with Crippen LogP contribution < -0.4 is 5.32 Å². The number of nitrogens with one attached hydrogen (secondary N) is 1. The molecule has 3 unspecified atom stereocenters. The second-order valence-corrected chi connectivity index (χ2v) is 9.15. The van der Waals surface area contributed by atoms with Crippen molar-refractivity contribution in [2.45, 2.75) is 71.3 Å². The zero-order valence-electron chi connectivity index (χ0n) is 19.2. The number of allylic oxidation sites excluding steroid dienone is 3. The van der Waals surface area contributed by atoms with Crippen LogP contribution in [0.3, 0.4) is 0 Å². The molecule has 0 saturated heterocycles. The highest BCUT2D eigenvalue weighted by molar-refractivity contribution is 6.12. The molecular formula is C25H31NO6. The summed E-state index contributed by atoms with van der Waals surface area (Å²) in [5, 5.41) is 3.28. The Kier molecular flexibility index (Phi) is 6.26. The first-order valence-electron chi connectivity index (χ1n) is 11.4. The van der Waals surface area contributed by atoms with Crippen LogP contribution >= 0.6 is 0 Å². The van der Waals surface area contributed by atoms with Gasteiger partial charge in [0.15, 0.2) is 5.78 Å². The molecule has 0 spiro atoms. The molecule has 32 heavy (non-hydrogen) atoms. The van der Waals surface area contributed by atoms with E-state index in [1.54, 1.807) is 6.07 Å². The number of esters is 2. The van der Waals surface area contributed by atoms with Crippen molar-refractivity contribution in [2.75, 3.05) is 7.11 Å². The van der Waals surface area contributed by atoms with Gasteiger partial charge < -0.3 is 19.2 Å². The monoisotopic (exact) mass is 441 g/mol. The van der Waals surface area contributed by atoms with E-state index >= 15 is 0 Å². The highest BCUT2D eigenvalue weighted by Gasteiger charge is 2.48. The van der Waals surface area contributed by atoms with Crippen molar-refractivity contribution >= 4 is 17.7 Å². The Balaban J connectivity index is 1.75. The Bertz CT molecular complexity index is 994.